The summed E-state index contributed by atoms with van der Waals surface area (Å²) < 4.78 is 10.6. The number of nitrogens with zero attached hydrogens (tertiary/aromatic N) is 2. The molecular weight excluding hydrogens is 384 g/mol. The van der Waals surface area contributed by atoms with Crippen LogP contribution in [0.5, 0.6) is 0 Å². The number of benzene rings is 2. The maximum atomic E-state index is 13.3. The second-order valence-electron chi connectivity index (χ2n) is 7.89. The van der Waals surface area contributed by atoms with E-state index in [1.807, 2.05) is 60.7 Å². The molecular formula is C24H25ClN2O2. The van der Waals surface area contributed by atoms with Gasteiger partial charge in [0.25, 0.3) is 5.82 Å². The van der Waals surface area contributed by atoms with Gasteiger partial charge in [0.05, 0.1) is 6.54 Å². The van der Waals surface area contributed by atoms with E-state index < -0.39 is 5.41 Å². The molecule has 1 aromatic heterocycles. The van der Waals surface area contributed by atoms with Gasteiger partial charge >= 0.3 is 5.97 Å². The minimum atomic E-state index is -0.729. The average molecular weight is 409 g/mol. The number of aryl methyl sites for hydroxylation is 1. The fourth-order valence-corrected chi connectivity index (χ4v) is 4.84. The van der Waals surface area contributed by atoms with Crippen LogP contribution in [-0.4, -0.2) is 16.6 Å². The van der Waals surface area contributed by atoms with Crippen LogP contribution < -0.4 is 17.0 Å². The molecule has 5 rings (SSSR count). The van der Waals surface area contributed by atoms with E-state index in [-0.39, 0.29) is 24.5 Å². The van der Waals surface area contributed by atoms with Crippen molar-refractivity contribution in [1.29, 1.82) is 0 Å². The van der Waals surface area contributed by atoms with Crippen LogP contribution in [0.1, 0.15) is 36.2 Å². The van der Waals surface area contributed by atoms with E-state index in [0.717, 1.165) is 30.6 Å². The lowest BCUT2D eigenvalue weighted by atomic mass is 9.72. The number of ether oxygens (including phenoxy) is 1. The molecule has 0 N–H and O–H groups in total. The summed E-state index contributed by atoms with van der Waals surface area (Å²) in [7, 11) is 0. The van der Waals surface area contributed by atoms with Crippen LogP contribution in [0.2, 0.25) is 0 Å². The first-order valence-corrected chi connectivity index (χ1v) is 10.2. The number of esters is 1. The van der Waals surface area contributed by atoms with Crippen molar-refractivity contribution in [3.05, 3.63) is 90.0 Å². The molecule has 150 valence electrons. The van der Waals surface area contributed by atoms with Crippen LogP contribution in [0, 0.1) is 0 Å². The van der Waals surface area contributed by atoms with Gasteiger partial charge in [0.2, 0.25) is 0 Å². The van der Waals surface area contributed by atoms with Crippen LogP contribution in [0.15, 0.2) is 73.1 Å². The highest BCUT2D eigenvalue weighted by Gasteiger charge is 2.52. The molecule has 1 fully saturated rings. The Hall–Kier alpha value is -2.59. The van der Waals surface area contributed by atoms with Crippen molar-refractivity contribution in [2.75, 3.05) is 0 Å². The zero-order valence-corrected chi connectivity index (χ0v) is 17.1. The summed E-state index contributed by atoms with van der Waals surface area (Å²) in [6.45, 7) is 1.81. The molecule has 4 nitrogen and oxygen atoms in total. The zero-order valence-electron chi connectivity index (χ0n) is 16.3. The van der Waals surface area contributed by atoms with E-state index in [1.165, 1.54) is 18.7 Å². The molecule has 0 saturated carbocycles. The first-order chi connectivity index (χ1) is 13.8. The number of halogens is 1. The molecule has 2 aliphatic rings. The quantitative estimate of drug-likeness (QED) is 0.463. The third kappa shape index (κ3) is 3.36. The standard InChI is InChI=1S/C24H25N2O2.ClH/c27-23-24(19-9-3-1-4-10-19,20-11-5-2-6-12-20)17-21(28-23)18-26-16-15-25-14-8-7-13-22(25)26;/h1-6,9-12,15-16,21H,7-8,13-14,17-18H2;1H/q+1;/p-1. The topological polar surface area (TPSA) is 35.1 Å². The van der Waals surface area contributed by atoms with Gasteiger partial charge in [-0.3, -0.25) is 4.79 Å². The Morgan fingerprint density at radius 1 is 1.00 bits per heavy atom. The van der Waals surface area contributed by atoms with Crippen LogP contribution >= 0.6 is 0 Å². The average Bonchev–Trinajstić information content (AvgIpc) is 3.31. The van der Waals surface area contributed by atoms with Crippen LogP contribution in [0.25, 0.3) is 0 Å². The number of hydrogen-bond acceptors (Lipinski definition) is 2. The van der Waals surface area contributed by atoms with Gasteiger partial charge in [0, 0.05) is 12.8 Å². The molecule has 1 unspecified atom stereocenters. The number of cyclic esters (lactones) is 1. The van der Waals surface area contributed by atoms with E-state index in [9.17, 15) is 4.79 Å². The van der Waals surface area contributed by atoms with E-state index in [1.54, 1.807) is 0 Å². The number of imidazole rings is 1. The highest BCUT2D eigenvalue weighted by atomic mass is 35.5. The van der Waals surface area contributed by atoms with Crippen LogP contribution in [0.3, 0.4) is 0 Å². The van der Waals surface area contributed by atoms with Gasteiger partial charge in [-0.15, -0.1) is 0 Å². The van der Waals surface area contributed by atoms with Crippen molar-refractivity contribution >= 4 is 5.97 Å². The third-order valence-corrected chi connectivity index (χ3v) is 6.23. The van der Waals surface area contributed by atoms with E-state index in [0.29, 0.717) is 6.42 Å². The second kappa shape index (κ2) is 8.03. The number of aromatic nitrogens is 2. The third-order valence-electron chi connectivity index (χ3n) is 6.23. The lowest BCUT2D eigenvalue weighted by Crippen LogP contribution is -3.00. The van der Waals surface area contributed by atoms with Gasteiger partial charge < -0.3 is 17.1 Å². The SMILES string of the molecule is O=C1OC(Cn2cc[n+]3c2CCCC3)CC1(c1ccccc1)c1ccccc1.[Cl-]. The van der Waals surface area contributed by atoms with Gasteiger partial charge in [0.15, 0.2) is 0 Å². The molecule has 0 spiro atoms. The fourth-order valence-electron chi connectivity index (χ4n) is 4.84. The molecule has 1 saturated heterocycles. The van der Waals surface area contributed by atoms with E-state index in [4.69, 9.17) is 4.74 Å². The number of rotatable bonds is 4. The van der Waals surface area contributed by atoms with Crippen molar-refractivity contribution in [3.63, 3.8) is 0 Å². The van der Waals surface area contributed by atoms with Crippen molar-refractivity contribution in [2.45, 2.75) is 50.3 Å². The number of carbonyl (C=O) groups excluding carboxylic acids is 1. The lowest BCUT2D eigenvalue weighted by Gasteiger charge is -2.26. The molecule has 1 atom stereocenters. The number of carbonyl (C=O) groups is 1. The van der Waals surface area contributed by atoms with E-state index in [2.05, 4.69) is 21.5 Å². The minimum absolute atomic E-state index is 0. The maximum absolute atomic E-state index is 13.3. The van der Waals surface area contributed by atoms with Crippen LogP contribution in [-0.2, 0) is 34.5 Å². The van der Waals surface area contributed by atoms with Crippen molar-refractivity contribution in [3.8, 4) is 0 Å². The summed E-state index contributed by atoms with van der Waals surface area (Å²) in [4.78, 5) is 13.3. The second-order valence-corrected chi connectivity index (χ2v) is 7.89. The molecule has 29 heavy (non-hydrogen) atoms. The largest absolute Gasteiger partial charge is 1.00 e. The van der Waals surface area contributed by atoms with Gasteiger partial charge in [-0.05, 0) is 24.0 Å². The predicted octanol–water partition coefficient (Wildman–Crippen LogP) is 0.418. The molecule has 0 radical (unpaired) electrons. The number of fused-ring (bicyclic) bond motifs is 1. The normalized spacial score (nSPS) is 19.9. The summed E-state index contributed by atoms with van der Waals surface area (Å²) in [6, 6.07) is 20.2. The molecule has 3 aromatic rings. The monoisotopic (exact) mass is 408 g/mol. The summed E-state index contributed by atoms with van der Waals surface area (Å²) >= 11 is 0. The first kappa shape index (κ1) is 19.7. The van der Waals surface area contributed by atoms with E-state index >= 15 is 0 Å². The molecule has 0 amide bonds. The smallest absolute Gasteiger partial charge is 0.321 e. The van der Waals surface area contributed by atoms with Gasteiger partial charge in [-0.2, -0.15) is 0 Å². The fraction of sp³-hybridized carbons (Fsp3) is 0.333. The van der Waals surface area contributed by atoms with Crippen molar-refractivity contribution in [2.24, 2.45) is 0 Å². The van der Waals surface area contributed by atoms with Gasteiger partial charge in [-0.25, -0.2) is 9.13 Å². The number of hydrogen-bond donors (Lipinski definition) is 0. The maximum Gasteiger partial charge on any atom is 0.321 e. The Kier molecular flexibility index (Phi) is 5.46. The van der Waals surface area contributed by atoms with Crippen LogP contribution in [0.4, 0.5) is 0 Å². The Balaban J connectivity index is 0.00000205. The predicted molar refractivity (Wildman–Crippen MR) is 106 cm³/mol. The molecule has 2 aromatic carbocycles. The molecule has 0 bridgehead atoms. The minimum Gasteiger partial charge on any atom is -1.00 e. The van der Waals surface area contributed by atoms with Gasteiger partial charge in [0.1, 0.15) is 30.5 Å². The molecule has 3 heterocycles. The van der Waals surface area contributed by atoms with Crippen molar-refractivity contribution in [1.82, 2.24) is 4.57 Å². The van der Waals surface area contributed by atoms with Gasteiger partial charge in [-0.1, -0.05) is 60.7 Å². The summed E-state index contributed by atoms with van der Waals surface area (Å²) in [5.41, 5.74) is 1.29. The molecule has 0 aliphatic carbocycles. The Bertz CT molecular complexity index is 945. The zero-order chi connectivity index (χ0) is 19.0. The lowest BCUT2D eigenvalue weighted by molar-refractivity contribution is -0.709. The highest BCUT2D eigenvalue weighted by Crippen LogP contribution is 2.43. The Labute approximate surface area is 177 Å². The molecule has 2 aliphatic heterocycles. The Morgan fingerprint density at radius 3 is 2.31 bits per heavy atom. The summed E-state index contributed by atoms with van der Waals surface area (Å²) in [5, 5.41) is 0. The molecule has 5 heteroatoms. The van der Waals surface area contributed by atoms with Crippen molar-refractivity contribution < 1.29 is 26.5 Å². The Morgan fingerprint density at radius 2 is 1.66 bits per heavy atom. The first-order valence-electron chi connectivity index (χ1n) is 10.2. The summed E-state index contributed by atoms with van der Waals surface area (Å²) in [5.74, 6) is 1.21. The summed E-state index contributed by atoms with van der Waals surface area (Å²) in [6.07, 6.45) is 8.39. The highest BCUT2D eigenvalue weighted by molar-refractivity contribution is 5.89.